The first-order chi connectivity index (χ1) is 15.8. The quantitative estimate of drug-likeness (QED) is 0.289. The van der Waals surface area contributed by atoms with Crippen LogP contribution in [0.5, 0.6) is 5.75 Å². The zero-order valence-corrected chi connectivity index (χ0v) is 19.6. The molecule has 0 heterocycles. The summed E-state index contributed by atoms with van der Waals surface area (Å²) >= 11 is 0. The molecular formula is C28H36F4O. The van der Waals surface area contributed by atoms with E-state index in [-0.39, 0.29) is 0 Å². The lowest BCUT2D eigenvalue weighted by molar-refractivity contribution is -0.275. The zero-order chi connectivity index (χ0) is 23.7. The van der Waals surface area contributed by atoms with Gasteiger partial charge in [-0.3, -0.25) is 0 Å². The monoisotopic (exact) mass is 464 g/mol. The summed E-state index contributed by atoms with van der Waals surface area (Å²) in [6.45, 7) is 2.30. The van der Waals surface area contributed by atoms with Crippen LogP contribution in [0.15, 0.2) is 30.4 Å². The van der Waals surface area contributed by atoms with Gasteiger partial charge in [-0.2, -0.15) is 0 Å². The molecule has 3 rings (SSSR count). The van der Waals surface area contributed by atoms with Gasteiger partial charge < -0.3 is 4.74 Å². The first-order valence-corrected chi connectivity index (χ1v) is 12.6. The van der Waals surface area contributed by atoms with E-state index in [1.807, 2.05) is 0 Å². The minimum Gasteiger partial charge on any atom is -0.403 e. The third-order valence-corrected chi connectivity index (χ3v) is 7.36. The fourth-order valence-corrected chi connectivity index (χ4v) is 5.45. The maximum atomic E-state index is 13.7. The van der Waals surface area contributed by atoms with Crippen LogP contribution in [-0.4, -0.2) is 6.36 Å². The molecule has 5 heteroatoms. The Morgan fingerprint density at radius 1 is 0.909 bits per heavy atom. The van der Waals surface area contributed by atoms with Gasteiger partial charge in [0.2, 0.25) is 0 Å². The molecule has 2 fully saturated rings. The van der Waals surface area contributed by atoms with Crippen molar-refractivity contribution in [3.8, 4) is 17.6 Å². The minimum absolute atomic E-state index is 0.319. The molecule has 0 amide bonds. The lowest BCUT2D eigenvalue weighted by Gasteiger charge is -2.31. The van der Waals surface area contributed by atoms with Crippen molar-refractivity contribution in [1.82, 2.24) is 0 Å². The molecule has 2 aliphatic carbocycles. The molecule has 1 aromatic rings. The number of hydrogen-bond acceptors (Lipinski definition) is 1. The number of ether oxygens (including phenoxy) is 1. The number of halogens is 4. The maximum Gasteiger partial charge on any atom is 0.573 e. The third kappa shape index (κ3) is 9.07. The van der Waals surface area contributed by atoms with Gasteiger partial charge in [0, 0.05) is 5.56 Å². The van der Waals surface area contributed by atoms with Gasteiger partial charge in [0.1, 0.15) is 0 Å². The molecule has 0 spiro atoms. The van der Waals surface area contributed by atoms with Gasteiger partial charge in [-0.25, -0.2) is 4.39 Å². The van der Waals surface area contributed by atoms with Crippen LogP contribution >= 0.6 is 0 Å². The molecule has 33 heavy (non-hydrogen) atoms. The van der Waals surface area contributed by atoms with Crippen LogP contribution in [0, 0.1) is 41.3 Å². The summed E-state index contributed by atoms with van der Waals surface area (Å²) in [6, 6.07) is 3.24. The molecule has 2 aliphatic rings. The van der Waals surface area contributed by atoms with Crippen molar-refractivity contribution in [2.75, 3.05) is 0 Å². The number of benzene rings is 1. The van der Waals surface area contributed by atoms with Gasteiger partial charge in [-0.15, -0.1) is 13.2 Å². The standard InChI is InChI=1S/C28H36F4O/c1-2-5-21-8-12-23(13-9-21)16-17-24-14-10-22(11-15-24)6-3-4-7-25-18-19-27(26(29)20-25)33-28(30,31)32/h3,6,18-24H,2,5,8-17H2,1H3. The third-order valence-electron chi connectivity index (χ3n) is 7.36. The van der Waals surface area contributed by atoms with Crippen molar-refractivity contribution in [1.29, 1.82) is 0 Å². The van der Waals surface area contributed by atoms with Crippen molar-refractivity contribution >= 4 is 0 Å². The smallest absolute Gasteiger partial charge is 0.403 e. The molecule has 0 atom stereocenters. The Kier molecular flexibility index (Phi) is 9.71. The second kappa shape index (κ2) is 12.5. The zero-order valence-electron chi connectivity index (χ0n) is 19.6. The predicted octanol–water partition coefficient (Wildman–Crippen LogP) is 8.83. The Morgan fingerprint density at radius 2 is 1.48 bits per heavy atom. The Labute approximate surface area is 196 Å². The van der Waals surface area contributed by atoms with E-state index in [0.29, 0.717) is 11.5 Å². The van der Waals surface area contributed by atoms with Crippen LogP contribution in [0.4, 0.5) is 17.6 Å². The number of hydrogen-bond donors (Lipinski definition) is 0. The molecule has 0 saturated heterocycles. The molecule has 2 saturated carbocycles. The Hall–Kier alpha value is -1.96. The van der Waals surface area contributed by atoms with Gasteiger partial charge in [-0.1, -0.05) is 76.2 Å². The second-order valence-electron chi connectivity index (χ2n) is 9.86. The molecule has 0 aromatic heterocycles. The molecule has 0 bridgehead atoms. The average molecular weight is 465 g/mol. The predicted molar refractivity (Wildman–Crippen MR) is 124 cm³/mol. The van der Waals surface area contributed by atoms with Crippen LogP contribution in [-0.2, 0) is 0 Å². The molecule has 182 valence electrons. The van der Waals surface area contributed by atoms with E-state index in [4.69, 9.17) is 0 Å². The van der Waals surface area contributed by atoms with Crippen LogP contribution in [0.1, 0.15) is 89.5 Å². The molecule has 0 unspecified atom stereocenters. The van der Waals surface area contributed by atoms with E-state index in [0.717, 1.165) is 29.9 Å². The Balaban J connectivity index is 1.36. The molecule has 0 radical (unpaired) electrons. The topological polar surface area (TPSA) is 9.23 Å². The lowest BCUT2D eigenvalue weighted by Crippen LogP contribution is -2.17. The van der Waals surface area contributed by atoms with Gasteiger partial charge >= 0.3 is 6.36 Å². The molecular weight excluding hydrogens is 428 g/mol. The van der Waals surface area contributed by atoms with Crippen molar-refractivity contribution in [3.63, 3.8) is 0 Å². The Bertz CT molecular complexity index is 817. The average Bonchev–Trinajstić information content (AvgIpc) is 2.78. The summed E-state index contributed by atoms with van der Waals surface area (Å²) in [5.74, 6) is 7.05. The fourth-order valence-electron chi connectivity index (χ4n) is 5.45. The van der Waals surface area contributed by atoms with E-state index < -0.39 is 17.9 Å². The van der Waals surface area contributed by atoms with Crippen molar-refractivity contribution in [2.24, 2.45) is 23.7 Å². The van der Waals surface area contributed by atoms with E-state index in [9.17, 15) is 17.6 Å². The second-order valence-corrected chi connectivity index (χ2v) is 9.86. The van der Waals surface area contributed by atoms with Crippen molar-refractivity contribution in [3.05, 3.63) is 41.7 Å². The minimum atomic E-state index is -4.91. The highest BCUT2D eigenvalue weighted by Gasteiger charge is 2.32. The summed E-state index contributed by atoms with van der Waals surface area (Å²) in [6.07, 6.45) is 15.2. The summed E-state index contributed by atoms with van der Waals surface area (Å²) in [7, 11) is 0. The molecule has 1 nitrogen and oxygen atoms in total. The van der Waals surface area contributed by atoms with E-state index >= 15 is 0 Å². The highest BCUT2D eigenvalue weighted by molar-refractivity contribution is 5.41. The summed E-state index contributed by atoms with van der Waals surface area (Å²) in [4.78, 5) is 0. The van der Waals surface area contributed by atoms with Gasteiger partial charge in [0.25, 0.3) is 0 Å². The normalized spacial score (nSPS) is 26.1. The van der Waals surface area contributed by atoms with Gasteiger partial charge in [-0.05, 0) is 73.6 Å². The highest BCUT2D eigenvalue weighted by Crippen LogP contribution is 2.37. The largest absolute Gasteiger partial charge is 0.573 e. The molecule has 0 aliphatic heterocycles. The SMILES string of the molecule is CCCC1CCC(CCC2CCC(C=CC#Cc3ccc(OC(F)(F)F)c(F)c3)CC2)CC1. The van der Waals surface area contributed by atoms with Crippen LogP contribution in [0.2, 0.25) is 0 Å². The first-order valence-electron chi connectivity index (χ1n) is 12.6. The van der Waals surface area contributed by atoms with Gasteiger partial charge in [0.15, 0.2) is 11.6 Å². The highest BCUT2D eigenvalue weighted by atomic mass is 19.4. The summed E-state index contributed by atoms with van der Waals surface area (Å²) in [5.41, 5.74) is 0.319. The van der Waals surface area contributed by atoms with E-state index in [1.165, 1.54) is 83.1 Å². The summed E-state index contributed by atoms with van der Waals surface area (Å²) in [5, 5.41) is 0. The van der Waals surface area contributed by atoms with E-state index in [2.05, 4.69) is 29.6 Å². The number of rotatable bonds is 7. The van der Waals surface area contributed by atoms with E-state index in [1.54, 1.807) is 6.08 Å². The Morgan fingerprint density at radius 3 is 2.03 bits per heavy atom. The lowest BCUT2D eigenvalue weighted by atomic mass is 9.75. The van der Waals surface area contributed by atoms with Crippen molar-refractivity contribution in [2.45, 2.75) is 90.3 Å². The fraction of sp³-hybridized carbons (Fsp3) is 0.643. The number of alkyl halides is 3. The maximum absolute atomic E-state index is 13.7. The van der Waals surface area contributed by atoms with Crippen LogP contribution < -0.4 is 4.74 Å². The number of allylic oxidation sites excluding steroid dienone is 2. The first kappa shape index (κ1) is 25.7. The molecule has 1 aromatic carbocycles. The summed E-state index contributed by atoms with van der Waals surface area (Å²) < 4.78 is 54.0. The van der Waals surface area contributed by atoms with Crippen molar-refractivity contribution < 1.29 is 22.3 Å². The van der Waals surface area contributed by atoms with Gasteiger partial charge in [0.05, 0.1) is 0 Å². The molecule has 0 N–H and O–H groups in total. The van der Waals surface area contributed by atoms with Crippen LogP contribution in [0.3, 0.4) is 0 Å². The van der Waals surface area contributed by atoms with Crippen LogP contribution in [0.25, 0.3) is 0 Å².